The van der Waals surface area contributed by atoms with E-state index in [0.29, 0.717) is 28.5 Å². The Morgan fingerprint density at radius 2 is 1.66 bits per heavy atom. The summed E-state index contributed by atoms with van der Waals surface area (Å²) in [5, 5.41) is 8.93. The van der Waals surface area contributed by atoms with Gasteiger partial charge in [0.15, 0.2) is 0 Å². The third-order valence-electron chi connectivity index (χ3n) is 4.46. The van der Waals surface area contributed by atoms with Crippen LogP contribution in [0, 0.1) is 13.8 Å². The normalized spacial score (nSPS) is 10.5. The maximum atomic E-state index is 12.9. The van der Waals surface area contributed by atoms with E-state index >= 15 is 0 Å². The van der Waals surface area contributed by atoms with Crippen molar-refractivity contribution in [3.05, 3.63) is 76.6 Å². The van der Waals surface area contributed by atoms with Crippen LogP contribution in [0.15, 0.2) is 54.6 Å². The van der Waals surface area contributed by atoms with E-state index in [-0.39, 0.29) is 11.9 Å². The summed E-state index contributed by atoms with van der Waals surface area (Å²) in [7, 11) is 0. The molecule has 3 rings (SSSR count). The molecule has 0 saturated carbocycles. The lowest BCUT2D eigenvalue weighted by atomic mass is 10.2. The molecular weight excluding hydrogens is 388 g/mol. The van der Waals surface area contributed by atoms with E-state index in [2.05, 4.69) is 16.0 Å². The summed E-state index contributed by atoms with van der Waals surface area (Å²) >= 11 is 6.12. The van der Waals surface area contributed by atoms with Gasteiger partial charge in [0.2, 0.25) is 0 Å². The van der Waals surface area contributed by atoms with Crippen molar-refractivity contribution in [1.82, 2.24) is 9.88 Å². The van der Waals surface area contributed by atoms with E-state index in [0.717, 1.165) is 17.1 Å². The van der Waals surface area contributed by atoms with Crippen LogP contribution >= 0.6 is 11.6 Å². The predicted molar refractivity (Wildman–Crippen MR) is 117 cm³/mol. The van der Waals surface area contributed by atoms with Crippen molar-refractivity contribution in [3.63, 3.8) is 0 Å². The molecule has 3 amide bonds. The number of rotatable bonds is 5. The molecule has 3 N–H and O–H groups in total. The highest BCUT2D eigenvalue weighted by atomic mass is 35.5. The molecule has 0 spiro atoms. The Morgan fingerprint density at radius 1 is 0.966 bits per heavy atom. The van der Waals surface area contributed by atoms with Gasteiger partial charge in [0, 0.05) is 40.0 Å². The number of carbonyl (C=O) groups is 2. The Bertz CT molecular complexity index is 1060. The van der Waals surface area contributed by atoms with Gasteiger partial charge in [0.1, 0.15) is 0 Å². The van der Waals surface area contributed by atoms with Crippen molar-refractivity contribution in [2.45, 2.75) is 20.8 Å². The first-order valence-corrected chi connectivity index (χ1v) is 9.68. The predicted octanol–water partition coefficient (Wildman–Crippen LogP) is 5.14. The van der Waals surface area contributed by atoms with Crippen molar-refractivity contribution in [2.24, 2.45) is 0 Å². The summed E-state index contributed by atoms with van der Waals surface area (Å²) in [5.41, 5.74) is 4.42. The fraction of sp³-hybridized carbons (Fsp3) is 0.182. The first-order valence-electron chi connectivity index (χ1n) is 9.30. The lowest BCUT2D eigenvalue weighted by Crippen LogP contribution is -2.28. The van der Waals surface area contributed by atoms with Crippen LogP contribution < -0.4 is 16.0 Å². The Balaban J connectivity index is 1.82. The van der Waals surface area contributed by atoms with E-state index in [9.17, 15) is 9.59 Å². The fourth-order valence-corrected chi connectivity index (χ4v) is 3.40. The Labute approximate surface area is 174 Å². The number of nitrogens with zero attached hydrogens (tertiary/aromatic N) is 1. The van der Waals surface area contributed by atoms with Crippen molar-refractivity contribution in [1.29, 1.82) is 0 Å². The summed E-state index contributed by atoms with van der Waals surface area (Å²) in [6, 6.07) is 16.1. The number of aromatic nitrogens is 1. The molecule has 0 unspecified atom stereocenters. The maximum Gasteiger partial charge on any atom is 0.319 e. The number of aryl methyl sites for hydroxylation is 1. The molecule has 7 heteroatoms. The number of halogens is 1. The number of anilines is 2. The van der Waals surface area contributed by atoms with Gasteiger partial charge in [-0.05, 0) is 63.2 Å². The summed E-state index contributed by atoms with van der Waals surface area (Å²) in [6.45, 7) is 6.22. The molecular formula is C22H23ClN4O2. The van der Waals surface area contributed by atoms with Gasteiger partial charge in [-0.1, -0.05) is 23.7 Å². The molecule has 0 radical (unpaired) electrons. The third-order valence-corrected chi connectivity index (χ3v) is 4.69. The second kappa shape index (κ2) is 8.84. The Hall–Kier alpha value is -3.25. The Kier molecular flexibility index (Phi) is 6.24. The SMILES string of the molecule is CCNC(=O)Nc1cccc(NC(=O)c2cc(C)n(-c3cccc(Cl)c3)c2C)c1. The van der Waals surface area contributed by atoms with E-state index in [1.807, 2.05) is 55.7 Å². The van der Waals surface area contributed by atoms with E-state index in [4.69, 9.17) is 11.6 Å². The third kappa shape index (κ3) is 4.78. The quantitative estimate of drug-likeness (QED) is 0.544. The molecule has 0 fully saturated rings. The summed E-state index contributed by atoms with van der Waals surface area (Å²) in [4.78, 5) is 24.6. The van der Waals surface area contributed by atoms with Crippen molar-refractivity contribution in [2.75, 3.05) is 17.2 Å². The van der Waals surface area contributed by atoms with E-state index in [1.54, 1.807) is 24.3 Å². The summed E-state index contributed by atoms with van der Waals surface area (Å²) in [6.07, 6.45) is 0. The number of carbonyl (C=O) groups excluding carboxylic acids is 2. The van der Waals surface area contributed by atoms with Crippen molar-refractivity contribution in [3.8, 4) is 5.69 Å². The molecule has 150 valence electrons. The van der Waals surface area contributed by atoms with Crippen LogP contribution in [-0.2, 0) is 0 Å². The smallest absolute Gasteiger partial charge is 0.319 e. The molecule has 1 aromatic heterocycles. The van der Waals surface area contributed by atoms with Crippen molar-refractivity contribution >= 4 is 34.9 Å². The summed E-state index contributed by atoms with van der Waals surface area (Å²) in [5.74, 6) is -0.221. The van der Waals surface area contributed by atoms with Crippen LogP contribution in [0.1, 0.15) is 28.7 Å². The summed E-state index contributed by atoms with van der Waals surface area (Å²) < 4.78 is 1.99. The molecule has 0 atom stereocenters. The first kappa shape index (κ1) is 20.5. The minimum Gasteiger partial charge on any atom is -0.338 e. The zero-order valence-corrected chi connectivity index (χ0v) is 17.3. The molecule has 0 saturated heterocycles. The first-order chi connectivity index (χ1) is 13.9. The van der Waals surface area contributed by atoms with E-state index < -0.39 is 0 Å². The molecule has 3 aromatic rings. The van der Waals surface area contributed by atoms with Crippen LogP contribution in [0.2, 0.25) is 5.02 Å². The number of benzene rings is 2. The topological polar surface area (TPSA) is 75.2 Å². The number of hydrogen-bond donors (Lipinski definition) is 3. The highest BCUT2D eigenvalue weighted by molar-refractivity contribution is 6.30. The van der Waals surface area contributed by atoms with Gasteiger partial charge >= 0.3 is 6.03 Å². The van der Waals surface area contributed by atoms with Crippen molar-refractivity contribution < 1.29 is 9.59 Å². The molecule has 0 bridgehead atoms. The van der Waals surface area contributed by atoms with Gasteiger partial charge in [0.05, 0.1) is 5.56 Å². The number of urea groups is 1. The number of nitrogens with one attached hydrogen (secondary N) is 3. The van der Waals surface area contributed by atoms with Crippen LogP contribution in [-0.4, -0.2) is 23.1 Å². The van der Waals surface area contributed by atoms with Gasteiger partial charge < -0.3 is 20.5 Å². The largest absolute Gasteiger partial charge is 0.338 e. The number of amides is 3. The second-order valence-electron chi connectivity index (χ2n) is 6.62. The minimum atomic E-state index is -0.291. The molecule has 0 aliphatic heterocycles. The van der Waals surface area contributed by atoms with Gasteiger partial charge in [-0.3, -0.25) is 4.79 Å². The Morgan fingerprint density at radius 3 is 2.34 bits per heavy atom. The average molecular weight is 411 g/mol. The fourth-order valence-electron chi connectivity index (χ4n) is 3.21. The lowest BCUT2D eigenvalue weighted by Gasteiger charge is -2.11. The van der Waals surface area contributed by atoms with E-state index in [1.165, 1.54) is 0 Å². The minimum absolute atomic E-state index is 0.221. The highest BCUT2D eigenvalue weighted by Gasteiger charge is 2.17. The second-order valence-corrected chi connectivity index (χ2v) is 7.06. The standard InChI is InChI=1S/C22H23ClN4O2/c1-4-24-22(29)26-18-9-6-8-17(13-18)25-21(28)20-11-14(2)27(15(20)3)19-10-5-7-16(23)12-19/h5-13H,4H2,1-3H3,(H,25,28)(H2,24,26,29). The molecule has 6 nitrogen and oxygen atoms in total. The molecule has 0 aliphatic rings. The lowest BCUT2D eigenvalue weighted by molar-refractivity contribution is 0.102. The van der Waals surface area contributed by atoms with Crippen LogP contribution in [0.3, 0.4) is 0 Å². The maximum absolute atomic E-state index is 12.9. The zero-order chi connectivity index (χ0) is 21.0. The van der Waals surface area contributed by atoms with Crippen LogP contribution in [0.25, 0.3) is 5.69 Å². The van der Waals surface area contributed by atoms with Gasteiger partial charge in [-0.2, -0.15) is 0 Å². The monoisotopic (exact) mass is 410 g/mol. The average Bonchev–Trinajstić information content (AvgIpc) is 2.96. The van der Waals surface area contributed by atoms with Crippen LogP contribution in [0.5, 0.6) is 0 Å². The molecule has 0 aliphatic carbocycles. The molecule has 1 heterocycles. The van der Waals surface area contributed by atoms with Gasteiger partial charge in [0.25, 0.3) is 5.91 Å². The molecule has 29 heavy (non-hydrogen) atoms. The van der Waals surface area contributed by atoms with Gasteiger partial charge in [-0.25, -0.2) is 4.79 Å². The molecule has 2 aromatic carbocycles. The van der Waals surface area contributed by atoms with Crippen LogP contribution in [0.4, 0.5) is 16.2 Å². The van der Waals surface area contributed by atoms with Gasteiger partial charge in [-0.15, -0.1) is 0 Å². The highest BCUT2D eigenvalue weighted by Crippen LogP contribution is 2.24. The number of hydrogen-bond acceptors (Lipinski definition) is 2. The zero-order valence-electron chi connectivity index (χ0n) is 16.5.